The minimum Gasteiger partial charge on any atom is -0.460 e. The second-order valence-electron chi connectivity index (χ2n) is 2.97. The van der Waals surface area contributed by atoms with Gasteiger partial charge in [0, 0.05) is 18.8 Å². The van der Waals surface area contributed by atoms with Crippen LogP contribution in [0.5, 0.6) is 0 Å². The van der Waals surface area contributed by atoms with Crippen LogP contribution in [0, 0.1) is 0 Å². The minimum absolute atomic E-state index is 0.0546. The van der Waals surface area contributed by atoms with Gasteiger partial charge in [-0.3, -0.25) is 0 Å². The van der Waals surface area contributed by atoms with Crippen molar-refractivity contribution in [2.24, 2.45) is 0 Å². The maximum Gasteiger partial charge on any atom is 0.332 e. The molecule has 0 spiro atoms. The van der Waals surface area contributed by atoms with E-state index in [1.165, 1.54) is 0 Å². The summed E-state index contributed by atoms with van der Waals surface area (Å²) >= 11 is 0. The summed E-state index contributed by atoms with van der Waals surface area (Å²) in [4.78, 5) is 21.7. The van der Waals surface area contributed by atoms with Gasteiger partial charge < -0.3 is 18.9 Å². The molecule has 1 unspecified atom stereocenters. The molecule has 0 amide bonds. The summed E-state index contributed by atoms with van der Waals surface area (Å²) in [6, 6.07) is 0. The van der Waals surface area contributed by atoms with Gasteiger partial charge >= 0.3 is 11.9 Å². The van der Waals surface area contributed by atoms with Gasteiger partial charge in [-0.15, -0.1) is 0 Å². The van der Waals surface area contributed by atoms with Gasteiger partial charge in [0.25, 0.3) is 0 Å². The third-order valence-corrected chi connectivity index (χ3v) is 1.66. The molecule has 0 fully saturated rings. The van der Waals surface area contributed by atoms with Crippen molar-refractivity contribution in [2.75, 3.05) is 26.4 Å². The number of rotatable bonds is 10. The quantitative estimate of drug-likeness (QED) is 0.250. The van der Waals surface area contributed by atoms with Crippen LogP contribution in [0.2, 0.25) is 0 Å². The summed E-state index contributed by atoms with van der Waals surface area (Å²) in [6.07, 6.45) is 1.31. The molecule has 0 rings (SSSR count). The second kappa shape index (κ2) is 10.5. The molecule has 102 valence electrons. The van der Waals surface area contributed by atoms with E-state index in [9.17, 15) is 9.59 Å². The third-order valence-electron chi connectivity index (χ3n) is 1.66. The molecular formula is C12H18O6. The maximum absolute atomic E-state index is 11.0. The summed E-state index contributed by atoms with van der Waals surface area (Å²) in [5.74, 6) is -1.10. The fourth-order valence-corrected chi connectivity index (χ4v) is 0.919. The molecule has 0 aromatic carbocycles. The van der Waals surface area contributed by atoms with E-state index in [1.54, 1.807) is 6.92 Å². The molecule has 0 heterocycles. The molecule has 0 radical (unpaired) electrons. The van der Waals surface area contributed by atoms with Crippen LogP contribution >= 0.6 is 0 Å². The lowest BCUT2D eigenvalue weighted by Gasteiger charge is -2.16. The number of carbonyl (C=O) groups is 2. The van der Waals surface area contributed by atoms with Gasteiger partial charge in [-0.05, 0) is 6.92 Å². The third kappa shape index (κ3) is 8.49. The van der Waals surface area contributed by atoms with Gasteiger partial charge in [0.05, 0.1) is 6.61 Å². The fraction of sp³-hybridized carbons (Fsp3) is 0.500. The first kappa shape index (κ1) is 16.3. The van der Waals surface area contributed by atoms with Gasteiger partial charge in [0.1, 0.15) is 13.2 Å². The van der Waals surface area contributed by atoms with Gasteiger partial charge in [0.2, 0.25) is 6.29 Å². The molecule has 0 aliphatic carbocycles. The predicted octanol–water partition coefficient (Wildman–Crippen LogP) is 0.824. The van der Waals surface area contributed by atoms with E-state index < -0.39 is 18.2 Å². The summed E-state index contributed by atoms with van der Waals surface area (Å²) in [6.45, 7) is 9.00. The van der Waals surface area contributed by atoms with Crippen LogP contribution in [0.3, 0.4) is 0 Å². The van der Waals surface area contributed by atoms with Crippen molar-refractivity contribution in [1.82, 2.24) is 0 Å². The number of carbonyl (C=O) groups excluding carboxylic acids is 2. The topological polar surface area (TPSA) is 71.1 Å². The van der Waals surface area contributed by atoms with E-state index >= 15 is 0 Å². The Bertz CT molecular complexity index is 286. The summed E-state index contributed by atoms with van der Waals surface area (Å²) in [5.41, 5.74) is 0. The lowest BCUT2D eigenvalue weighted by molar-refractivity contribution is -0.185. The Morgan fingerprint density at radius 3 is 2.39 bits per heavy atom. The van der Waals surface area contributed by atoms with E-state index in [1.807, 2.05) is 0 Å². The molecule has 0 saturated carbocycles. The van der Waals surface area contributed by atoms with Crippen LogP contribution < -0.4 is 0 Å². The normalized spacial score (nSPS) is 11.4. The predicted molar refractivity (Wildman–Crippen MR) is 63.7 cm³/mol. The Labute approximate surface area is 106 Å². The van der Waals surface area contributed by atoms with Crippen LogP contribution in [-0.4, -0.2) is 44.7 Å². The average Bonchev–Trinajstić information content (AvgIpc) is 2.37. The zero-order valence-electron chi connectivity index (χ0n) is 10.4. The van der Waals surface area contributed by atoms with E-state index in [0.717, 1.165) is 12.2 Å². The highest BCUT2D eigenvalue weighted by Crippen LogP contribution is 1.98. The molecular weight excluding hydrogens is 240 g/mol. The standard InChI is InChI=1S/C12H18O6/c1-4-10(13)17-8-7-15-9-12(16-6-3)18-11(14)5-2/h4-5,12H,1-2,6-9H2,3H3. The Morgan fingerprint density at radius 2 is 1.83 bits per heavy atom. The van der Waals surface area contributed by atoms with Crippen molar-refractivity contribution in [2.45, 2.75) is 13.2 Å². The second-order valence-corrected chi connectivity index (χ2v) is 2.97. The fourth-order valence-electron chi connectivity index (χ4n) is 0.919. The van der Waals surface area contributed by atoms with Crippen molar-refractivity contribution in [1.29, 1.82) is 0 Å². The van der Waals surface area contributed by atoms with Gasteiger partial charge in [0.15, 0.2) is 0 Å². The number of ether oxygens (including phenoxy) is 4. The summed E-state index contributed by atoms with van der Waals surface area (Å²) in [5, 5.41) is 0. The Balaban J connectivity index is 3.75. The first-order valence-corrected chi connectivity index (χ1v) is 5.45. The van der Waals surface area contributed by atoms with E-state index in [2.05, 4.69) is 17.9 Å². The molecule has 0 aliphatic rings. The highest BCUT2D eigenvalue weighted by Gasteiger charge is 2.12. The Morgan fingerprint density at radius 1 is 1.17 bits per heavy atom. The van der Waals surface area contributed by atoms with Crippen molar-refractivity contribution in [3.05, 3.63) is 25.3 Å². The SMILES string of the molecule is C=CC(=O)OCCOCC(OCC)OC(=O)C=C. The van der Waals surface area contributed by atoms with E-state index in [4.69, 9.17) is 14.2 Å². The number of esters is 2. The van der Waals surface area contributed by atoms with Crippen LogP contribution in [0.1, 0.15) is 6.92 Å². The van der Waals surface area contributed by atoms with Crippen molar-refractivity contribution >= 4 is 11.9 Å². The molecule has 6 heteroatoms. The van der Waals surface area contributed by atoms with Crippen molar-refractivity contribution in [3.63, 3.8) is 0 Å². The smallest absolute Gasteiger partial charge is 0.332 e. The van der Waals surface area contributed by atoms with Crippen LogP contribution in [0.4, 0.5) is 0 Å². The molecule has 18 heavy (non-hydrogen) atoms. The Kier molecular flexibility index (Phi) is 9.52. The van der Waals surface area contributed by atoms with Crippen LogP contribution in [0.25, 0.3) is 0 Å². The molecule has 0 aliphatic heterocycles. The lowest BCUT2D eigenvalue weighted by atomic mass is 10.6. The summed E-state index contributed by atoms with van der Waals surface area (Å²) < 4.78 is 19.8. The molecule has 0 N–H and O–H groups in total. The molecule has 0 aromatic rings. The number of hydrogen-bond acceptors (Lipinski definition) is 6. The molecule has 1 atom stereocenters. The average molecular weight is 258 g/mol. The van der Waals surface area contributed by atoms with Crippen molar-refractivity contribution < 1.29 is 28.5 Å². The lowest BCUT2D eigenvalue weighted by Crippen LogP contribution is -2.26. The van der Waals surface area contributed by atoms with Gasteiger partial charge in [-0.25, -0.2) is 9.59 Å². The number of hydrogen-bond donors (Lipinski definition) is 0. The first-order valence-electron chi connectivity index (χ1n) is 5.45. The molecule has 0 saturated heterocycles. The molecule has 6 nitrogen and oxygen atoms in total. The van der Waals surface area contributed by atoms with Gasteiger partial charge in [-0.2, -0.15) is 0 Å². The molecule has 0 aromatic heterocycles. The first-order chi connectivity index (χ1) is 8.63. The van der Waals surface area contributed by atoms with E-state index in [0.29, 0.717) is 6.61 Å². The Hall–Kier alpha value is -1.66. The largest absolute Gasteiger partial charge is 0.460 e. The monoisotopic (exact) mass is 258 g/mol. The zero-order valence-corrected chi connectivity index (χ0v) is 10.4. The van der Waals surface area contributed by atoms with E-state index in [-0.39, 0.29) is 19.8 Å². The highest BCUT2D eigenvalue weighted by molar-refractivity contribution is 5.81. The van der Waals surface area contributed by atoms with Crippen LogP contribution in [-0.2, 0) is 28.5 Å². The summed E-state index contributed by atoms with van der Waals surface area (Å²) in [7, 11) is 0. The molecule has 0 bridgehead atoms. The maximum atomic E-state index is 11.0. The van der Waals surface area contributed by atoms with Gasteiger partial charge in [-0.1, -0.05) is 13.2 Å². The van der Waals surface area contributed by atoms with Crippen molar-refractivity contribution in [3.8, 4) is 0 Å². The minimum atomic E-state index is -0.796. The highest BCUT2D eigenvalue weighted by atomic mass is 16.7. The zero-order chi connectivity index (χ0) is 13.8. The van der Waals surface area contributed by atoms with Crippen LogP contribution in [0.15, 0.2) is 25.3 Å².